The van der Waals surface area contributed by atoms with Gasteiger partial charge in [-0.3, -0.25) is 9.69 Å². The Labute approximate surface area is 114 Å². The number of benzene rings is 1. The van der Waals surface area contributed by atoms with Gasteiger partial charge in [0, 0.05) is 24.1 Å². The van der Waals surface area contributed by atoms with Crippen LogP contribution in [0.5, 0.6) is 0 Å². The van der Waals surface area contributed by atoms with Gasteiger partial charge in [-0.1, -0.05) is 35.1 Å². The number of nitrogens with zero attached hydrogens (tertiary/aromatic N) is 3. The van der Waals surface area contributed by atoms with Gasteiger partial charge in [-0.15, -0.1) is 10.2 Å². The lowest BCUT2D eigenvalue weighted by atomic mass is 10.2. The molecule has 0 aliphatic rings. The van der Waals surface area contributed by atoms with Crippen LogP contribution in [0.15, 0.2) is 24.3 Å². The second kappa shape index (κ2) is 5.46. The second-order valence-electron chi connectivity index (χ2n) is 3.66. The molecule has 1 heterocycles. The van der Waals surface area contributed by atoms with Gasteiger partial charge in [-0.2, -0.15) is 0 Å². The lowest BCUT2D eigenvalue weighted by Gasteiger charge is -2.13. The molecule has 94 valence electrons. The lowest BCUT2D eigenvalue weighted by molar-refractivity contribution is -0.116. The molecule has 0 saturated carbocycles. The summed E-state index contributed by atoms with van der Waals surface area (Å²) in [4.78, 5) is 13.0. The molecule has 1 aromatic heterocycles. The fourth-order valence-electron chi connectivity index (χ4n) is 1.53. The predicted octanol–water partition coefficient (Wildman–Crippen LogP) is 3.23. The number of amides is 1. The van der Waals surface area contributed by atoms with E-state index in [2.05, 4.69) is 10.2 Å². The minimum absolute atomic E-state index is 0.0312. The summed E-state index contributed by atoms with van der Waals surface area (Å²) in [5.41, 5.74) is 0.947. The maximum absolute atomic E-state index is 11.4. The summed E-state index contributed by atoms with van der Waals surface area (Å²) < 4.78 is 0. The zero-order valence-corrected chi connectivity index (χ0v) is 11.6. The Balaban J connectivity index is 2.30. The highest BCUT2D eigenvalue weighted by atomic mass is 35.5. The van der Waals surface area contributed by atoms with Gasteiger partial charge in [0.25, 0.3) is 0 Å². The van der Waals surface area contributed by atoms with Crippen molar-refractivity contribution in [1.82, 2.24) is 10.2 Å². The van der Waals surface area contributed by atoms with Gasteiger partial charge in [0.15, 0.2) is 0 Å². The first-order valence-corrected chi connectivity index (χ1v) is 6.68. The van der Waals surface area contributed by atoms with Crippen molar-refractivity contribution < 1.29 is 4.79 Å². The maximum Gasteiger partial charge on any atom is 0.225 e. The molecule has 6 heteroatoms. The Hall–Kier alpha value is -1.46. The number of hydrogen-bond donors (Lipinski definition) is 0. The van der Waals surface area contributed by atoms with Crippen LogP contribution in [0.1, 0.15) is 13.8 Å². The molecule has 1 aromatic carbocycles. The Morgan fingerprint density at radius 1 is 1.33 bits per heavy atom. The van der Waals surface area contributed by atoms with Crippen LogP contribution in [-0.2, 0) is 4.79 Å². The fourth-order valence-corrected chi connectivity index (χ4v) is 2.61. The largest absolute Gasteiger partial charge is 0.287 e. The Morgan fingerprint density at radius 3 is 2.56 bits per heavy atom. The minimum Gasteiger partial charge on any atom is -0.287 e. The Morgan fingerprint density at radius 2 is 2.00 bits per heavy atom. The zero-order valence-electron chi connectivity index (χ0n) is 10.1. The number of aromatic nitrogens is 2. The van der Waals surface area contributed by atoms with E-state index in [1.165, 1.54) is 18.3 Å². The molecule has 2 aromatic rings. The van der Waals surface area contributed by atoms with E-state index >= 15 is 0 Å². The number of rotatable bonds is 3. The molecule has 0 spiro atoms. The van der Waals surface area contributed by atoms with E-state index in [-0.39, 0.29) is 5.91 Å². The molecule has 18 heavy (non-hydrogen) atoms. The van der Waals surface area contributed by atoms with E-state index in [1.807, 2.05) is 19.1 Å². The van der Waals surface area contributed by atoms with Crippen LogP contribution >= 0.6 is 22.9 Å². The average molecular weight is 282 g/mol. The van der Waals surface area contributed by atoms with E-state index in [1.54, 1.807) is 17.0 Å². The number of carbonyl (C=O) groups excluding carboxylic acids is 1. The summed E-state index contributed by atoms with van der Waals surface area (Å²) in [5.74, 6) is -0.0312. The molecule has 1 amide bonds. The van der Waals surface area contributed by atoms with Gasteiger partial charge in [-0.25, -0.2) is 0 Å². The molecule has 0 saturated heterocycles. The third kappa shape index (κ3) is 2.68. The van der Waals surface area contributed by atoms with E-state index in [0.29, 0.717) is 16.7 Å². The highest BCUT2D eigenvalue weighted by Gasteiger charge is 2.15. The van der Waals surface area contributed by atoms with Gasteiger partial charge in [0.2, 0.25) is 11.0 Å². The minimum atomic E-state index is -0.0312. The van der Waals surface area contributed by atoms with Gasteiger partial charge < -0.3 is 0 Å². The van der Waals surface area contributed by atoms with Crippen LogP contribution < -0.4 is 4.90 Å². The number of hydrogen-bond acceptors (Lipinski definition) is 4. The number of halogens is 1. The smallest absolute Gasteiger partial charge is 0.225 e. The first kappa shape index (κ1) is 13.0. The molecular formula is C12H12ClN3OS. The normalized spacial score (nSPS) is 10.4. The first-order valence-electron chi connectivity index (χ1n) is 5.49. The maximum atomic E-state index is 11.4. The average Bonchev–Trinajstić information content (AvgIpc) is 2.80. The molecule has 0 fully saturated rings. The summed E-state index contributed by atoms with van der Waals surface area (Å²) in [7, 11) is 0. The molecule has 0 aliphatic heterocycles. The van der Waals surface area contributed by atoms with Gasteiger partial charge in [0.1, 0.15) is 5.01 Å². The molecule has 0 atom stereocenters. The number of anilines is 1. The van der Waals surface area contributed by atoms with Crippen molar-refractivity contribution in [3.63, 3.8) is 0 Å². The Bertz CT molecular complexity index is 553. The highest BCUT2D eigenvalue weighted by molar-refractivity contribution is 7.18. The van der Waals surface area contributed by atoms with E-state index in [4.69, 9.17) is 11.6 Å². The third-order valence-corrected chi connectivity index (χ3v) is 3.68. The monoisotopic (exact) mass is 281 g/mol. The van der Waals surface area contributed by atoms with Crippen LogP contribution in [-0.4, -0.2) is 22.6 Å². The molecule has 2 rings (SSSR count). The van der Waals surface area contributed by atoms with Crippen molar-refractivity contribution in [2.45, 2.75) is 13.8 Å². The summed E-state index contributed by atoms with van der Waals surface area (Å²) in [6, 6.07) is 7.38. The summed E-state index contributed by atoms with van der Waals surface area (Å²) in [6.45, 7) is 4.02. The van der Waals surface area contributed by atoms with Crippen molar-refractivity contribution in [2.75, 3.05) is 11.4 Å². The standard InChI is InChI=1S/C12H12ClN3OS/c1-3-16(8(2)17)12-15-14-11(18-12)9-4-6-10(13)7-5-9/h4-7H,3H2,1-2H3. The zero-order chi connectivity index (χ0) is 13.1. The van der Waals surface area contributed by atoms with Crippen molar-refractivity contribution in [3.05, 3.63) is 29.3 Å². The van der Waals surface area contributed by atoms with E-state index in [9.17, 15) is 4.79 Å². The molecule has 0 bridgehead atoms. The summed E-state index contributed by atoms with van der Waals surface area (Å²) in [5, 5.41) is 10.2. The van der Waals surface area contributed by atoms with Gasteiger partial charge >= 0.3 is 0 Å². The van der Waals surface area contributed by atoms with Crippen molar-refractivity contribution in [3.8, 4) is 10.6 Å². The SMILES string of the molecule is CCN(C(C)=O)c1nnc(-c2ccc(Cl)cc2)s1. The van der Waals surface area contributed by atoms with Crippen LogP contribution in [0.2, 0.25) is 5.02 Å². The van der Waals surface area contributed by atoms with Gasteiger partial charge in [0.05, 0.1) is 0 Å². The Kier molecular flexibility index (Phi) is 3.93. The topological polar surface area (TPSA) is 46.1 Å². The second-order valence-corrected chi connectivity index (χ2v) is 5.05. The molecule has 0 aliphatic carbocycles. The highest BCUT2D eigenvalue weighted by Crippen LogP contribution is 2.29. The molecule has 4 nitrogen and oxygen atoms in total. The third-order valence-electron chi connectivity index (χ3n) is 2.43. The quantitative estimate of drug-likeness (QED) is 0.868. The molecular weight excluding hydrogens is 270 g/mol. The summed E-state index contributed by atoms with van der Waals surface area (Å²) in [6.07, 6.45) is 0. The first-order chi connectivity index (χ1) is 8.61. The van der Waals surface area contributed by atoms with Crippen LogP contribution in [0.25, 0.3) is 10.6 Å². The van der Waals surface area contributed by atoms with Crippen molar-refractivity contribution in [1.29, 1.82) is 0 Å². The molecule has 0 unspecified atom stereocenters. The fraction of sp³-hybridized carbons (Fsp3) is 0.250. The lowest BCUT2D eigenvalue weighted by Crippen LogP contribution is -2.27. The van der Waals surface area contributed by atoms with Crippen molar-refractivity contribution in [2.24, 2.45) is 0 Å². The summed E-state index contributed by atoms with van der Waals surface area (Å²) >= 11 is 7.23. The van der Waals surface area contributed by atoms with Crippen LogP contribution in [0.4, 0.5) is 5.13 Å². The van der Waals surface area contributed by atoms with E-state index < -0.39 is 0 Å². The van der Waals surface area contributed by atoms with Crippen LogP contribution in [0.3, 0.4) is 0 Å². The van der Waals surface area contributed by atoms with Crippen molar-refractivity contribution >= 4 is 34.0 Å². The number of carbonyl (C=O) groups is 1. The van der Waals surface area contributed by atoms with Gasteiger partial charge in [-0.05, 0) is 19.1 Å². The van der Waals surface area contributed by atoms with E-state index in [0.717, 1.165) is 10.6 Å². The molecule has 0 radical (unpaired) electrons. The predicted molar refractivity (Wildman–Crippen MR) is 74.1 cm³/mol. The molecule has 0 N–H and O–H groups in total. The van der Waals surface area contributed by atoms with Crippen LogP contribution in [0, 0.1) is 0 Å².